The molecule has 0 saturated heterocycles. The molecule has 0 unspecified atom stereocenters. The van der Waals surface area contributed by atoms with Crippen molar-refractivity contribution in [3.63, 3.8) is 0 Å². The summed E-state index contributed by atoms with van der Waals surface area (Å²) in [7, 11) is 3.22. The van der Waals surface area contributed by atoms with Crippen LogP contribution in [0.25, 0.3) is 22.8 Å². The highest BCUT2D eigenvalue weighted by Crippen LogP contribution is 2.45. The summed E-state index contributed by atoms with van der Waals surface area (Å²) < 4.78 is 13.2. The van der Waals surface area contributed by atoms with E-state index in [1.54, 1.807) is 20.2 Å². The van der Waals surface area contributed by atoms with E-state index in [4.69, 9.17) is 21.1 Å². The molecule has 0 spiro atoms. The Morgan fingerprint density at radius 3 is 2.55 bits per heavy atom. The number of nitrogens with one attached hydrogen (secondary N) is 1. The molecule has 0 amide bonds. The number of benzene rings is 1. The van der Waals surface area contributed by atoms with Gasteiger partial charge in [-0.25, -0.2) is 0 Å². The molecule has 0 aliphatic heterocycles. The summed E-state index contributed by atoms with van der Waals surface area (Å²) in [5.41, 5.74) is 3.79. The Bertz CT molecular complexity index is 1380. The SMILES string of the molecule is C=Cc1c(-c2ccc(OC)c(NCC)c2Cl)c([C@H](C=O)OC(C)(C)C)n(C)c(=O)c1C(=C)C1=CC=CCC1. The second-order valence-electron chi connectivity index (χ2n) is 10.1. The molecule has 3 rings (SSSR count). The number of aromatic nitrogens is 1. The summed E-state index contributed by atoms with van der Waals surface area (Å²) in [6, 6.07) is 3.64. The van der Waals surface area contributed by atoms with E-state index in [0.29, 0.717) is 62.8 Å². The van der Waals surface area contributed by atoms with Crippen molar-refractivity contribution in [3.8, 4) is 16.9 Å². The topological polar surface area (TPSA) is 69.6 Å². The highest BCUT2D eigenvalue weighted by atomic mass is 35.5. The summed E-state index contributed by atoms with van der Waals surface area (Å²) in [4.78, 5) is 26.4. The normalized spacial score (nSPS) is 14.0. The maximum absolute atomic E-state index is 14.0. The van der Waals surface area contributed by atoms with Crippen molar-refractivity contribution in [1.29, 1.82) is 0 Å². The summed E-state index contributed by atoms with van der Waals surface area (Å²) >= 11 is 7.02. The largest absolute Gasteiger partial charge is 0.495 e. The molecule has 6 nitrogen and oxygen atoms in total. The summed E-state index contributed by atoms with van der Waals surface area (Å²) in [5, 5.41) is 3.67. The van der Waals surface area contributed by atoms with Crippen molar-refractivity contribution in [2.45, 2.75) is 52.2 Å². The average Bonchev–Trinajstić information content (AvgIpc) is 2.89. The fraction of sp³-hybridized carbons (Fsp3) is 0.355. The lowest BCUT2D eigenvalue weighted by Gasteiger charge is -2.30. The van der Waals surface area contributed by atoms with Crippen molar-refractivity contribution in [1.82, 2.24) is 4.57 Å². The molecule has 2 aromatic rings. The van der Waals surface area contributed by atoms with Gasteiger partial charge in [-0.15, -0.1) is 0 Å². The molecule has 7 heteroatoms. The number of allylic oxidation sites excluding steroid dienone is 5. The minimum absolute atomic E-state index is 0.292. The lowest BCUT2D eigenvalue weighted by Crippen LogP contribution is -2.32. The molecule has 1 heterocycles. The molecule has 0 saturated carbocycles. The third kappa shape index (κ3) is 5.71. The van der Waals surface area contributed by atoms with Crippen LogP contribution in [0.15, 0.2) is 53.9 Å². The van der Waals surface area contributed by atoms with E-state index in [9.17, 15) is 9.59 Å². The van der Waals surface area contributed by atoms with Crippen LogP contribution in [0.2, 0.25) is 5.02 Å². The van der Waals surface area contributed by atoms with Crippen molar-refractivity contribution < 1.29 is 14.3 Å². The standard InChI is InChI=1S/C31H37ClN2O4/c1-9-21-25(19(3)20-14-12-11-13-15-20)30(36)34(7)29(24(18-35)38-31(4,5)6)26(21)22-16-17-23(37-8)28(27(22)32)33-10-2/h9,11-12,14,16-18,24,33H,1,3,10,13,15H2,2,4-8H3/t24-/m0/s1. The number of anilines is 1. The first-order chi connectivity index (χ1) is 18.0. The lowest BCUT2D eigenvalue weighted by atomic mass is 9.86. The van der Waals surface area contributed by atoms with Crippen LogP contribution in [0.1, 0.15) is 63.5 Å². The zero-order valence-electron chi connectivity index (χ0n) is 23.1. The van der Waals surface area contributed by atoms with Gasteiger partial charge in [0.2, 0.25) is 0 Å². The number of ether oxygens (including phenoxy) is 2. The number of carbonyl (C=O) groups is 1. The number of rotatable bonds is 10. The van der Waals surface area contributed by atoms with Gasteiger partial charge < -0.3 is 24.2 Å². The molecular formula is C31H37ClN2O4. The van der Waals surface area contributed by atoms with E-state index in [2.05, 4.69) is 24.6 Å². The van der Waals surface area contributed by atoms with E-state index in [1.165, 1.54) is 4.57 Å². The number of pyridine rings is 1. The first-order valence-corrected chi connectivity index (χ1v) is 13.1. The molecule has 1 N–H and O–H groups in total. The number of hydrogen-bond acceptors (Lipinski definition) is 5. The molecule has 1 aliphatic carbocycles. The smallest absolute Gasteiger partial charge is 0.259 e. The van der Waals surface area contributed by atoms with Crippen LogP contribution < -0.4 is 15.6 Å². The Morgan fingerprint density at radius 2 is 2.03 bits per heavy atom. The van der Waals surface area contributed by atoms with E-state index < -0.39 is 11.7 Å². The molecule has 38 heavy (non-hydrogen) atoms. The first-order valence-electron chi connectivity index (χ1n) is 12.7. The fourth-order valence-corrected chi connectivity index (χ4v) is 5.06. The quantitative estimate of drug-likeness (QED) is 0.327. The number of nitrogens with zero attached hydrogens (tertiary/aromatic N) is 1. The predicted octanol–water partition coefficient (Wildman–Crippen LogP) is 7.13. The third-order valence-electron chi connectivity index (χ3n) is 6.40. The molecule has 1 aromatic carbocycles. The van der Waals surface area contributed by atoms with Gasteiger partial charge in [-0.1, -0.05) is 49.1 Å². The first kappa shape index (κ1) is 29.2. The van der Waals surface area contributed by atoms with Crippen LogP contribution in [0.4, 0.5) is 5.69 Å². The van der Waals surface area contributed by atoms with Gasteiger partial charge in [-0.2, -0.15) is 0 Å². The van der Waals surface area contributed by atoms with Crippen molar-refractivity contribution in [2.24, 2.45) is 7.05 Å². The van der Waals surface area contributed by atoms with Crippen LogP contribution in [-0.4, -0.2) is 30.1 Å². The minimum Gasteiger partial charge on any atom is -0.495 e. The monoisotopic (exact) mass is 536 g/mol. The Balaban J connectivity index is 2.51. The molecular weight excluding hydrogens is 500 g/mol. The van der Waals surface area contributed by atoms with Crippen LogP contribution in [-0.2, 0) is 16.6 Å². The van der Waals surface area contributed by atoms with Gasteiger partial charge in [0.1, 0.15) is 5.75 Å². The number of carbonyl (C=O) groups excluding carboxylic acids is 1. The molecule has 0 bridgehead atoms. The number of aldehydes is 1. The summed E-state index contributed by atoms with van der Waals surface area (Å²) in [5.74, 6) is 0.578. The lowest BCUT2D eigenvalue weighted by molar-refractivity contribution is -0.129. The van der Waals surface area contributed by atoms with Crippen molar-refractivity contribution in [3.05, 3.63) is 81.3 Å². The van der Waals surface area contributed by atoms with E-state index in [0.717, 1.165) is 18.4 Å². The molecule has 0 fully saturated rings. The van der Waals surface area contributed by atoms with E-state index >= 15 is 0 Å². The number of halogens is 1. The van der Waals surface area contributed by atoms with Gasteiger partial charge in [-0.05, 0) is 69.4 Å². The molecule has 1 aromatic heterocycles. The second kappa shape index (κ2) is 12.0. The van der Waals surface area contributed by atoms with Crippen molar-refractivity contribution >= 4 is 35.2 Å². The molecule has 0 radical (unpaired) electrons. The van der Waals surface area contributed by atoms with Crippen LogP contribution >= 0.6 is 11.6 Å². The highest BCUT2D eigenvalue weighted by molar-refractivity contribution is 6.36. The maximum Gasteiger partial charge on any atom is 0.259 e. The van der Waals surface area contributed by atoms with E-state index in [-0.39, 0.29) is 5.56 Å². The van der Waals surface area contributed by atoms with Crippen molar-refractivity contribution in [2.75, 3.05) is 19.0 Å². The van der Waals surface area contributed by atoms with Gasteiger partial charge in [0, 0.05) is 24.7 Å². The Labute approximate surface area is 230 Å². The predicted molar refractivity (Wildman–Crippen MR) is 158 cm³/mol. The molecule has 202 valence electrons. The number of hydrogen-bond donors (Lipinski definition) is 1. The Kier molecular flexibility index (Phi) is 9.23. The maximum atomic E-state index is 14.0. The Morgan fingerprint density at radius 1 is 1.32 bits per heavy atom. The van der Waals surface area contributed by atoms with Gasteiger partial charge >= 0.3 is 0 Å². The van der Waals surface area contributed by atoms with Crippen LogP contribution in [0.3, 0.4) is 0 Å². The summed E-state index contributed by atoms with van der Waals surface area (Å²) in [6.07, 6.45) is 8.96. The van der Waals surface area contributed by atoms with Crippen LogP contribution in [0.5, 0.6) is 5.75 Å². The van der Waals surface area contributed by atoms with Crippen LogP contribution in [0, 0.1) is 0 Å². The molecule has 1 aliphatic rings. The van der Waals surface area contributed by atoms with Gasteiger partial charge in [0.25, 0.3) is 5.56 Å². The van der Waals surface area contributed by atoms with Gasteiger partial charge in [0.15, 0.2) is 12.4 Å². The fourth-order valence-electron chi connectivity index (χ4n) is 4.74. The zero-order chi connectivity index (χ0) is 28.2. The second-order valence-corrected chi connectivity index (χ2v) is 10.5. The number of methoxy groups -OCH3 is 1. The van der Waals surface area contributed by atoms with E-state index in [1.807, 2.05) is 52.0 Å². The summed E-state index contributed by atoms with van der Waals surface area (Å²) in [6.45, 7) is 16.5. The van der Waals surface area contributed by atoms with Gasteiger partial charge in [0.05, 0.1) is 34.7 Å². The molecule has 1 atom stereocenters. The highest BCUT2D eigenvalue weighted by Gasteiger charge is 2.31. The minimum atomic E-state index is -1.04. The third-order valence-corrected chi connectivity index (χ3v) is 6.79. The van der Waals surface area contributed by atoms with Gasteiger partial charge in [-0.3, -0.25) is 4.79 Å². The zero-order valence-corrected chi connectivity index (χ0v) is 23.9. The average molecular weight is 537 g/mol. The Hall–Kier alpha value is -3.35.